The molecule has 0 aliphatic carbocycles. The second kappa shape index (κ2) is 6.71. The van der Waals surface area contributed by atoms with Crippen molar-refractivity contribution in [1.82, 2.24) is 15.2 Å². The van der Waals surface area contributed by atoms with Crippen molar-refractivity contribution in [1.29, 1.82) is 0 Å². The molecule has 1 aromatic rings. The van der Waals surface area contributed by atoms with E-state index in [0.29, 0.717) is 36.2 Å². The van der Waals surface area contributed by atoms with Crippen molar-refractivity contribution in [3.8, 4) is 5.88 Å². The highest BCUT2D eigenvalue weighted by molar-refractivity contribution is 6.31. The van der Waals surface area contributed by atoms with Gasteiger partial charge in [-0.2, -0.15) is 0 Å². The Morgan fingerprint density at radius 3 is 2.82 bits per heavy atom. The van der Waals surface area contributed by atoms with Crippen molar-refractivity contribution in [3.05, 3.63) is 22.8 Å². The Morgan fingerprint density at radius 2 is 2.18 bits per heavy atom. The number of ether oxygens (including phenoxy) is 2. The molecule has 1 aromatic heterocycles. The molecule has 0 aromatic carbocycles. The minimum absolute atomic E-state index is 0.286. The number of rotatable bonds is 2. The van der Waals surface area contributed by atoms with E-state index in [-0.39, 0.29) is 12.1 Å². The number of methoxy groups -OCH3 is 1. The van der Waals surface area contributed by atoms with Crippen LogP contribution in [0.2, 0.25) is 5.02 Å². The van der Waals surface area contributed by atoms with Gasteiger partial charge >= 0.3 is 6.09 Å². The lowest BCUT2D eigenvalue weighted by Gasteiger charge is -2.37. The molecule has 122 valence electrons. The van der Waals surface area contributed by atoms with Crippen molar-refractivity contribution in [2.75, 3.05) is 26.7 Å². The monoisotopic (exact) mass is 327 g/mol. The summed E-state index contributed by atoms with van der Waals surface area (Å²) in [5, 5.41) is 3.76. The van der Waals surface area contributed by atoms with Gasteiger partial charge in [-0.25, -0.2) is 9.78 Å². The van der Waals surface area contributed by atoms with E-state index in [1.165, 1.54) is 0 Å². The molecule has 7 heteroatoms. The van der Waals surface area contributed by atoms with Crippen LogP contribution < -0.4 is 10.1 Å². The minimum Gasteiger partial charge on any atom is -0.481 e. The molecule has 2 heterocycles. The number of aromatic nitrogens is 1. The highest BCUT2D eigenvalue weighted by Crippen LogP contribution is 2.30. The molecule has 0 bridgehead atoms. The van der Waals surface area contributed by atoms with Crippen LogP contribution in [-0.2, 0) is 4.74 Å². The average molecular weight is 328 g/mol. The molecule has 1 aliphatic heterocycles. The lowest BCUT2D eigenvalue weighted by atomic mass is 10.1. The van der Waals surface area contributed by atoms with Gasteiger partial charge in [0.1, 0.15) is 5.60 Å². The SMILES string of the molecule is COc1ccc(Cl)c(C2CNCCN2C(=O)OC(C)(C)C)n1. The smallest absolute Gasteiger partial charge is 0.410 e. The Bertz CT molecular complexity index is 545. The summed E-state index contributed by atoms with van der Waals surface area (Å²) in [4.78, 5) is 18.5. The minimum atomic E-state index is -0.544. The molecular weight excluding hydrogens is 306 g/mol. The number of amides is 1. The maximum absolute atomic E-state index is 12.4. The number of pyridine rings is 1. The van der Waals surface area contributed by atoms with Gasteiger partial charge in [0.25, 0.3) is 0 Å². The number of hydrogen-bond acceptors (Lipinski definition) is 5. The van der Waals surface area contributed by atoms with E-state index in [1.54, 1.807) is 24.1 Å². The Morgan fingerprint density at radius 1 is 1.45 bits per heavy atom. The third-order valence-electron chi connectivity index (χ3n) is 3.24. The molecule has 1 unspecified atom stereocenters. The average Bonchev–Trinajstić information content (AvgIpc) is 2.46. The van der Waals surface area contributed by atoms with Crippen molar-refractivity contribution in [3.63, 3.8) is 0 Å². The van der Waals surface area contributed by atoms with Crippen LogP contribution in [0.4, 0.5) is 4.79 Å². The van der Waals surface area contributed by atoms with Crippen LogP contribution in [0.3, 0.4) is 0 Å². The van der Waals surface area contributed by atoms with Crippen molar-refractivity contribution >= 4 is 17.7 Å². The fourth-order valence-electron chi connectivity index (χ4n) is 2.27. The summed E-state index contributed by atoms with van der Waals surface area (Å²) in [7, 11) is 1.55. The third-order valence-corrected chi connectivity index (χ3v) is 3.56. The van der Waals surface area contributed by atoms with Crippen LogP contribution >= 0.6 is 11.6 Å². The van der Waals surface area contributed by atoms with Gasteiger partial charge in [-0.3, -0.25) is 4.90 Å². The number of piperazine rings is 1. The summed E-state index contributed by atoms with van der Waals surface area (Å²) in [5.41, 5.74) is 0.0667. The van der Waals surface area contributed by atoms with Crippen molar-refractivity contribution in [2.24, 2.45) is 0 Å². The molecule has 0 spiro atoms. The molecule has 22 heavy (non-hydrogen) atoms. The van der Waals surface area contributed by atoms with Crippen molar-refractivity contribution < 1.29 is 14.3 Å². The lowest BCUT2D eigenvalue weighted by molar-refractivity contribution is 0.0113. The fourth-order valence-corrected chi connectivity index (χ4v) is 2.51. The van der Waals surface area contributed by atoms with Crippen LogP contribution in [0.25, 0.3) is 0 Å². The second-order valence-electron chi connectivity index (χ2n) is 6.11. The maximum atomic E-state index is 12.4. The maximum Gasteiger partial charge on any atom is 0.410 e. The van der Waals surface area contributed by atoms with Gasteiger partial charge in [0.05, 0.1) is 23.9 Å². The Labute approximate surface area is 135 Å². The number of carbonyl (C=O) groups is 1. The molecule has 1 amide bonds. The Kier molecular flexibility index (Phi) is 5.13. The van der Waals surface area contributed by atoms with E-state index in [1.807, 2.05) is 20.8 Å². The fraction of sp³-hybridized carbons (Fsp3) is 0.600. The number of halogens is 1. The number of carbonyl (C=O) groups excluding carboxylic acids is 1. The van der Waals surface area contributed by atoms with Gasteiger partial charge in [-0.1, -0.05) is 11.6 Å². The summed E-state index contributed by atoms with van der Waals surface area (Å²) in [6.07, 6.45) is -0.361. The lowest BCUT2D eigenvalue weighted by Crippen LogP contribution is -2.50. The van der Waals surface area contributed by atoms with Gasteiger partial charge in [-0.05, 0) is 26.8 Å². The van der Waals surface area contributed by atoms with Gasteiger partial charge in [-0.15, -0.1) is 0 Å². The summed E-state index contributed by atoms with van der Waals surface area (Å²) >= 11 is 6.27. The molecule has 1 saturated heterocycles. The normalized spacial score (nSPS) is 19.0. The molecule has 0 saturated carbocycles. The van der Waals surface area contributed by atoms with Crippen LogP contribution in [0.5, 0.6) is 5.88 Å². The van der Waals surface area contributed by atoms with Gasteiger partial charge in [0, 0.05) is 25.7 Å². The van der Waals surface area contributed by atoms with Crippen LogP contribution in [0.15, 0.2) is 12.1 Å². The molecule has 6 nitrogen and oxygen atoms in total. The molecule has 1 N–H and O–H groups in total. The van der Waals surface area contributed by atoms with E-state index in [9.17, 15) is 4.79 Å². The summed E-state index contributed by atoms with van der Waals surface area (Å²) in [6, 6.07) is 3.14. The summed E-state index contributed by atoms with van der Waals surface area (Å²) < 4.78 is 10.6. The topological polar surface area (TPSA) is 63.7 Å². The number of nitrogens with one attached hydrogen (secondary N) is 1. The van der Waals surface area contributed by atoms with Crippen LogP contribution in [0, 0.1) is 0 Å². The summed E-state index contributed by atoms with van der Waals surface area (Å²) in [5.74, 6) is 0.467. The first-order valence-electron chi connectivity index (χ1n) is 7.22. The molecular formula is C15H22ClN3O3. The van der Waals surface area contributed by atoms with Crippen molar-refractivity contribution in [2.45, 2.75) is 32.4 Å². The molecule has 1 fully saturated rings. The quantitative estimate of drug-likeness (QED) is 0.904. The highest BCUT2D eigenvalue weighted by Gasteiger charge is 2.33. The van der Waals surface area contributed by atoms with E-state index in [4.69, 9.17) is 21.1 Å². The zero-order valence-electron chi connectivity index (χ0n) is 13.4. The third kappa shape index (κ3) is 4.01. The largest absolute Gasteiger partial charge is 0.481 e. The second-order valence-corrected chi connectivity index (χ2v) is 6.52. The zero-order chi connectivity index (χ0) is 16.3. The first kappa shape index (κ1) is 16.8. The molecule has 1 aliphatic rings. The first-order valence-corrected chi connectivity index (χ1v) is 7.60. The zero-order valence-corrected chi connectivity index (χ0v) is 14.1. The predicted octanol–water partition coefficient (Wildman–Crippen LogP) is 2.63. The Hall–Kier alpha value is -1.53. The molecule has 0 radical (unpaired) electrons. The molecule has 1 atom stereocenters. The molecule has 2 rings (SSSR count). The first-order chi connectivity index (χ1) is 10.3. The number of nitrogens with zero attached hydrogens (tertiary/aromatic N) is 2. The van der Waals surface area contributed by atoms with E-state index >= 15 is 0 Å². The number of hydrogen-bond donors (Lipinski definition) is 1. The van der Waals surface area contributed by atoms with E-state index < -0.39 is 5.60 Å². The van der Waals surface area contributed by atoms with E-state index in [0.717, 1.165) is 0 Å². The van der Waals surface area contributed by atoms with E-state index in [2.05, 4.69) is 10.3 Å². The predicted molar refractivity (Wildman–Crippen MR) is 84.3 cm³/mol. The van der Waals surface area contributed by atoms with Gasteiger partial charge in [0.2, 0.25) is 5.88 Å². The summed E-state index contributed by atoms with van der Waals surface area (Å²) in [6.45, 7) is 7.35. The highest BCUT2D eigenvalue weighted by atomic mass is 35.5. The van der Waals surface area contributed by atoms with Crippen LogP contribution in [-0.4, -0.2) is 48.3 Å². The Balaban J connectivity index is 2.28. The van der Waals surface area contributed by atoms with Crippen LogP contribution in [0.1, 0.15) is 32.5 Å². The van der Waals surface area contributed by atoms with Gasteiger partial charge in [0.15, 0.2) is 0 Å². The van der Waals surface area contributed by atoms with Gasteiger partial charge < -0.3 is 14.8 Å². The standard InChI is InChI=1S/C15H22ClN3O3/c1-15(2,3)22-14(20)19-8-7-17-9-11(19)13-10(16)5-6-12(18-13)21-4/h5-6,11,17H,7-9H2,1-4H3.